The summed E-state index contributed by atoms with van der Waals surface area (Å²) in [6, 6.07) is 3.58. The van der Waals surface area contributed by atoms with E-state index in [0.717, 1.165) is 51.9 Å². The van der Waals surface area contributed by atoms with Crippen molar-refractivity contribution in [1.82, 2.24) is 15.6 Å². The van der Waals surface area contributed by atoms with E-state index in [0.29, 0.717) is 11.5 Å². The molecule has 2 fully saturated rings. The fraction of sp³-hybridized carbons (Fsp3) is 0.625. The van der Waals surface area contributed by atoms with Crippen LogP contribution in [-0.2, 0) is 4.74 Å². The standard InChI is InChI=1S/C16H23N3O2/c20-15(14-2-1-6-18-12-14)19-11-13-3-9-21-16(10-13)4-7-17-8-5-16/h1-2,6,12-13,17H,3-5,7-11H2,(H,19,20). The first-order valence-corrected chi connectivity index (χ1v) is 7.80. The van der Waals surface area contributed by atoms with Crippen molar-refractivity contribution in [3.05, 3.63) is 30.1 Å². The highest BCUT2D eigenvalue weighted by atomic mass is 16.5. The highest BCUT2D eigenvalue weighted by molar-refractivity contribution is 5.93. The summed E-state index contributed by atoms with van der Waals surface area (Å²) in [5, 5.41) is 6.43. The van der Waals surface area contributed by atoms with E-state index in [1.54, 1.807) is 24.5 Å². The summed E-state index contributed by atoms with van der Waals surface area (Å²) < 4.78 is 6.07. The molecule has 0 radical (unpaired) electrons. The molecule has 0 aromatic carbocycles. The molecular weight excluding hydrogens is 266 g/mol. The lowest BCUT2D eigenvalue weighted by Crippen LogP contribution is -2.49. The number of ether oxygens (including phenoxy) is 1. The molecule has 5 nitrogen and oxygen atoms in total. The summed E-state index contributed by atoms with van der Waals surface area (Å²) in [7, 11) is 0. The number of carbonyl (C=O) groups is 1. The molecule has 114 valence electrons. The van der Waals surface area contributed by atoms with E-state index in [2.05, 4.69) is 15.6 Å². The Bertz CT molecular complexity index is 466. The van der Waals surface area contributed by atoms with Crippen LogP contribution >= 0.6 is 0 Å². The molecule has 2 N–H and O–H groups in total. The minimum Gasteiger partial charge on any atom is -0.375 e. The number of amides is 1. The number of nitrogens with zero attached hydrogens (tertiary/aromatic N) is 1. The van der Waals surface area contributed by atoms with E-state index in [1.165, 1.54) is 0 Å². The van der Waals surface area contributed by atoms with Crippen molar-refractivity contribution in [1.29, 1.82) is 0 Å². The number of rotatable bonds is 3. The number of hydrogen-bond donors (Lipinski definition) is 2. The molecule has 3 heterocycles. The Labute approximate surface area is 125 Å². The predicted octanol–water partition coefficient (Wildman–Crippen LogP) is 1.36. The highest BCUT2D eigenvalue weighted by Gasteiger charge is 2.38. The lowest BCUT2D eigenvalue weighted by atomic mass is 9.80. The molecule has 0 saturated carbocycles. The van der Waals surface area contributed by atoms with Gasteiger partial charge in [0.05, 0.1) is 11.2 Å². The minimum atomic E-state index is -0.0334. The monoisotopic (exact) mass is 289 g/mol. The molecule has 5 heteroatoms. The third-order valence-corrected chi connectivity index (χ3v) is 4.58. The van der Waals surface area contributed by atoms with Gasteiger partial charge in [0.15, 0.2) is 0 Å². The van der Waals surface area contributed by atoms with Gasteiger partial charge in [-0.2, -0.15) is 0 Å². The first kappa shape index (κ1) is 14.5. The third kappa shape index (κ3) is 3.60. The lowest BCUT2D eigenvalue weighted by Gasteiger charge is -2.43. The van der Waals surface area contributed by atoms with Crippen molar-refractivity contribution < 1.29 is 9.53 Å². The van der Waals surface area contributed by atoms with E-state index in [-0.39, 0.29) is 11.5 Å². The minimum absolute atomic E-state index is 0.0334. The van der Waals surface area contributed by atoms with Gasteiger partial charge in [-0.1, -0.05) is 0 Å². The molecule has 0 bridgehead atoms. The molecule has 1 spiro atoms. The first-order valence-electron chi connectivity index (χ1n) is 7.80. The van der Waals surface area contributed by atoms with E-state index >= 15 is 0 Å². The Kier molecular flexibility index (Phi) is 4.51. The molecule has 2 aliphatic heterocycles. The van der Waals surface area contributed by atoms with Gasteiger partial charge in [-0.25, -0.2) is 0 Å². The van der Waals surface area contributed by atoms with Gasteiger partial charge >= 0.3 is 0 Å². The van der Waals surface area contributed by atoms with Crippen LogP contribution in [0.1, 0.15) is 36.0 Å². The van der Waals surface area contributed by atoms with Crippen LogP contribution < -0.4 is 10.6 Å². The summed E-state index contributed by atoms with van der Waals surface area (Å²) in [5.74, 6) is 0.478. The van der Waals surface area contributed by atoms with Crippen LogP contribution in [0.2, 0.25) is 0 Å². The molecule has 3 rings (SSSR count). The summed E-state index contributed by atoms with van der Waals surface area (Å²) in [6.45, 7) is 3.61. The molecule has 1 unspecified atom stereocenters. The Morgan fingerprint density at radius 1 is 1.48 bits per heavy atom. The number of aromatic nitrogens is 1. The maximum atomic E-state index is 12.1. The predicted molar refractivity (Wildman–Crippen MR) is 80.1 cm³/mol. The Morgan fingerprint density at radius 2 is 2.33 bits per heavy atom. The van der Waals surface area contributed by atoms with Crippen LogP contribution in [-0.4, -0.2) is 42.7 Å². The first-order chi connectivity index (χ1) is 10.3. The van der Waals surface area contributed by atoms with Crippen LogP contribution in [0.4, 0.5) is 0 Å². The molecule has 0 aliphatic carbocycles. The summed E-state index contributed by atoms with van der Waals surface area (Å²) in [4.78, 5) is 16.0. The molecule has 2 saturated heterocycles. The molecule has 1 aromatic rings. The van der Waals surface area contributed by atoms with E-state index < -0.39 is 0 Å². The molecular formula is C16H23N3O2. The zero-order chi connectivity index (χ0) is 14.5. The molecule has 1 amide bonds. The number of hydrogen-bond acceptors (Lipinski definition) is 4. The SMILES string of the molecule is O=C(NCC1CCOC2(CCNCC2)C1)c1cccnc1. The maximum Gasteiger partial charge on any atom is 0.252 e. The second-order valence-corrected chi connectivity index (χ2v) is 6.09. The smallest absolute Gasteiger partial charge is 0.252 e. The average molecular weight is 289 g/mol. The Balaban J connectivity index is 1.52. The molecule has 1 atom stereocenters. The zero-order valence-electron chi connectivity index (χ0n) is 12.3. The molecule has 2 aliphatic rings. The summed E-state index contributed by atoms with van der Waals surface area (Å²) >= 11 is 0. The van der Waals surface area contributed by atoms with Gasteiger partial charge in [-0.15, -0.1) is 0 Å². The zero-order valence-corrected chi connectivity index (χ0v) is 12.3. The maximum absolute atomic E-state index is 12.1. The van der Waals surface area contributed by atoms with E-state index in [4.69, 9.17) is 4.74 Å². The topological polar surface area (TPSA) is 63.2 Å². The molecule has 21 heavy (non-hydrogen) atoms. The van der Waals surface area contributed by atoms with Crippen molar-refractivity contribution in [3.63, 3.8) is 0 Å². The van der Waals surface area contributed by atoms with Crippen molar-refractivity contribution in [2.75, 3.05) is 26.2 Å². The van der Waals surface area contributed by atoms with Gasteiger partial charge in [0.2, 0.25) is 0 Å². The number of carbonyl (C=O) groups excluding carboxylic acids is 1. The number of nitrogens with one attached hydrogen (secondary N) is 2. The number of piperidine rings is 1. The van der Waals surface area contributed by atoms with Crippen LogP contribution in [0.15, 0.2) is 24.5 Å². The Morgan fingerprint density at radius 3 is 3.10 bits per heavy atom. The van der Waals surface area contributed by atoms with Crippen LogP contribution in [0.3, 0.4) is 0 Å². The second kappa shape index (κ2) is 6.54. The summed E-state index contributed by atoms with van der Waals surface area (Å²) in [5.41, 5.74) is 0.675. The lowest BCUT2D eigenvalue weighted by molar-refractivity contribution is -0.112. The van der Waals surface area contributed by atoms with Crippen molar-refractivity contribution in [2.24, 2.45) is 5.92 Å². The number of pyridine rings is 1. The van der Waals surface area contributed by atoms with Gasteiger partial charge in [0.1, 0.15) is 0 Å². The molecule has 1 aromatic heterocycles. The second-order valence-electron chi connectivity index (χ2n) is 6.09. The van der Waals surface area contributed by atoms with Crippen LogP contribution in [0.5, 0.6) is 0 Å². The summed E-state index contributed by atoms with van der Waals surface area (Å²) in [6.07, 6.45) is 7.54. The van der Waals surface area contributed by atoms with Crippen molar-refractivity contribution in [3.8, 4) is 0 Å². The van der Waals surface area contributed by atoms with Crippen LogP contribution in [0, 0.1) is 5.92 Å². The highest BCUT2D eigenvalue weighted by Crippen LogP contribution is 2.35. The van der Waals surface area contributed by atoms with Crippen molar-refractivity contribution >= 4 is 5.91 Å². The Hall–Kier alpha value is -1.46. The van der Waals surface area contributed by atoms with Crippen LogP contribution in [0.25, 0.3) is 0 Å². The fourth-order valence-electron chi connectivity index (χ4n) is 3.37. The van der Waals surface area contributed by atoms with Gasteiger partial charge < -0.3 is 15.4 Å². The van der Waals surface area contributed by atoms with E-state index in [1.807, 2.05) is 0 Å². The van der Waals surface area contributed by atoms with Gasteiger partial charge in [0, 0.05) is 25.5 Å². The van der Waals surface area contributed by atoms with Gasteiger partial charge in [0.25, 0.3) is 5.91 Å². The largest absolute Gasteiger partial charge is 0.375 e. The van der Waals surface area contributed by atoms with E-state index in [9.17, 15) is 4.79 Å². The third-order valence-electron chi connectivity index (χ3n) is 4.58. The van der Waals surface area contributed by atoms with Gasteiger partial charge in [-0.3, -0.25) is 9.78 Å². The fourth-order valence-corrected chi connectivity index (χ4v) is 3.37. The quantitative estimate of drug-likeness (QED) is 0.882. The van der Waals surface area contributed by atoms with Crippen molar-refractivity contribution in [2.45, 2.75) is 31.3 Å². The normalized spacial score (nSPS) is 24.7. The van der Waals surface area contributed by atoms with Gasteiger partial charge in [-0.05, 0) is 56.8 Å². The average Bonchev–Trinajstić information content (AvgIpc) is 2.54.